The van der Waals surface area contributed by atoms with Gasteiger partial charge in [0.1, 0.15) is 0 Å². The van der Waals surface area contributed by atoms with E-state index in [0.717, 1.165) is 6.54 Å². The van der Waals surface area contributed by atoms with Gasteiger partial charge in [0.2, 0.25) is 0 Å². The monoisotopic (exact) mass is 294 g/mol. The van der Waals surface area contributed by atoms with Crippen LogP contribution in [0.4, 0.5) is 0 Å². The van der Waals surface area contributed by atoms with Gasteiger partial charge in [-0.1, -0.05) is 30.3 Å². The van der Waals surface area contributed by atoms with Crippen LogP contribution in [0.2, 0.25) is 0 Å². The Morgan fingerprint density at radius 3 is 2.52 bits per heavy atom. The number of aromatic nitrogens is 1. The molecule has 0 bridgehead atoms. The average Bonchev–Trinajstić information content (AvgIpc) is 3.03. The molecule has 2 nitrogen and oxygen atoms in total. The van der Waals surface area contributed by atoms with Crippen LogP contribution >= 0.6 is 11.3 Å². The Hall–Kier alpha value is -1.97. The molecule has 0 amide bonds. The molecule has 1 aromatic carbocycles. The highest BCUT2D eigenvalue weighted by atomic mass is 32.1. The van der Waals surface area contributed by atoms with E-state index in [1.54, 1.807) is 0 Å². The van der Waals surface area contributed by atoms with Crippen LogP contribution in [-0.4, -0.2) is 4.98 Å². The van der Waals surface area contributed by atoms with Crippen molar-refractivity contribution in [3.8, 4) is 10.4 Å². The van der Waals surface area contributed by atoms with E-state index in [9.17, 15) is 0 Å². The van der Waals surface area contributed by atoms with Gasteiger partial charge in [0.25, 0.3) is 0 Å². The van der Waals surface area contributed by atoms with Crippen LogP contribution in [0.15, 0.2) is 67.0 Å². The molecule has 0 unspecified atom stereocenters. The highest BCUT2D eigenvalue weighted by Crippen LogP contribution is 2.28. The summed E-state index contributed by atoms with van der Waals surface area (Å²) in [4.78, 5) is 6.74. The Kier molecular flexibility index (Phi) is 4.43. The number of thiophene rings is 1. The van der Waals surface area contributed by atoms with Gasteiger partial charge in [-0.15, -0.1) is 11.3 Å². The summed E-state index contributed by atoms with van der Waals surface area (Å²) in [5, 5.41) is 3.56. The molecular formula is C18H18N2S. The molecule has 1 N–H and O–H groups in total. The van der Waals surface area contributed by atoms with Gasteiger partial charge in [0, 0.05) is 34.7 Å². The summed E-state index contributed by atoms with van der Waals surface area (Å²) in [5.74, 6) is 0. The molecule has 21 heavy (non-hydrogen) atoms. The third-order valence-electron chi connectivity index (χ3n) is 3.51. The molecule has 0 aliphatic carbocycles. The maximum atomic E-state index is 4.06. The van der Waals surface area contributed by atoms with Crippen LogP contribution in [-0.2, 0) is 6.54 Å². The van der Waals surface area contributed by atoms with E-state index < -0.39 is 0 Å². The van der Waals surface area contributed by atoms with Crippen molar-refractivity contribution in [1.29, 1.82) is 0 Å². The van der Waals surface area contributed by atoms with Crippen molar-refractivity contribution in [1.82, 2.24) is 10.3 Å². The summed E-state index contributed by atoms with van der Waals surface area (Å²) in [6.45, 7) is 3.07. The lowest BCUT2D eigenvalue weighted by Gasteiger charge is -2.12. The molecule has 0 saturated carbocycles. The van der Waals surface area contributed by atoms with E-state index in [-0.39, 0.29) is 0 Å². The first-order valence-electron chi connectivity index (χ1n) is 7.10. The van der Waals surface area contributed by atoms with Crippen molar-refractivity contribution in [2.45, 2.75) is 19.5 Å². The van der Waals surface area contributed by atoms with Crippen LogP contribution in [0.5, 0.6) is 0 Å². The molecular weight excluding hydrogens is 276 g/mol. The second kappa shape index (κ2) is 6.66. The maximum absolute atomic E-state index is 4.06. The smallest absolute Gasteiger partial charge is 0.0346 e. The van der Waals surface area contributed by atoms with Crippen molar-refractivity contribution >= 4 is 11.3 Å². The van der Waals surface area contributed by atoms with Gasteiger partial charge < -0.3 is 5.32 Å². The normalized spacial score (nSPS) is 12.2. The molecule has 0 spiro atoms. The average molecular weight is 294 g/mol. The van der Waals surface area contributed by atoms with Gasteiger partial charge in [0.15, 0.2) is 0 Å². The number of nitrogens with one attached hydrogen (secondary N) is 1. The molecule has 3 aromatic rings. The molecule has 1 atom stereocenters. The fraction of sp³-hybridized carbons (Fsp3) is 0.167. The van der Waals surface area contributed by atoms with E-state index in [4.69, 9.17) is 0 Å². The van der Waals surface area contributed by atoms with Gasteiger partial charge in [-0.2, -0.15) is 0 Å². The number of nitrogens with zero attached hydrogens (tertiary/aromatic N) is 1. The molecule has 106 valence electrons. The van der Waals surface area contributed by atoms with Crippen LogP contribution in [0, 0.1) is 0 Å². The zero-order chi connectivity index (χ0) is 14.5. The van der Waals surface area contributed by atoms with Crippen molar-refractivity contribution in [3.05, 3.63) is 77.4 Å². The SMILES string of the molecule is C[C@@H](NCc1ccc(-c2ccccc2)s1)c1ccncc1. The molecule has 0 saturated heterocycles. The number of benzene rings is 1. The highest BCUT2D eigenvalue weighted by Gasteiger charge is 2.06. The second-order valence-corrected chi connectivity index (χ2v) is 6.18. The van der Waals surface area contributed by atoms with E-state index in [1.807, 2.05) is 23.7 Å². The first kappa shape index (κ1) is 14.0. The molecule has 3 heteroatoms. The van der Waals surface area contributed by atoms with Gasteiger partial charge in [-0.05, 0) is 42.3 Å². The third kappa shape index (κ3) is 3.57. The number of rotatable bonds is 5. The second-order valence-electron chi connectivity index (χ2n) is 5.02. The first-order valence-corrected chi connectivity index (χ1v) is 7.92. The third-order valence-corrected chi connectivity index (χ3v) is 4.64. The maximum Gasteiger partial charge on any atom is 0.0346 e. The topological polar surface area (TPSA) is 24.9 Å². The lowest BCUT2D eigenvalue weighted by Crippen LogP contribution is -2.17. The lowest BCUT2D eigenvalue weighted by molar-refractivity contribution is 0.578. The molecule has 0 aliphatic heterocycles. The number of hydrogen-bond donors (Lipinski definition) is 1. The Morgan fingerprint density at radius 1 is 1.00 bits per heavy atom. The first-order chi connectivity index (χ1) is 10.3. The van der Waals surface area contributed by atoms with Crippen molar-refractivity contribution < 1.29 is 0 Å². The minimum absolute atomic E-state index is 0.329. The van der Waals surface area contributed by atoms with E-state index in [2.05, 4.69) is 71.8 Å². The number of pyridine rings is 1. The van der Waals surface area contributed by atoms with Crippen LogP contribution in [0.1, 0.15) is 23.4 Å². The van der Waals surface area contributed by atoms with E-state index >= 15 is 0 Å². The summed E-state index contributed by atoms with van der Waals surface area (Å²) in [6.07, 6.45) is 3.68. The molecule has 0 radical (unpaired) electrons. The van der Waals surface area contributed by atoms with Gasteiger partial charge >= 0.3 is 0 Å². The molecule has 2 aromatic heterocycles. The summed E-state index contributed by atoms with van der Waals surface area (Å²) >= 11 is 1.85. The Balaban J connectivity index is 1.63. The van der Waals surface area contributed by atoms with Gasteiger partial charge in [0.05, 0.1) is 0 Å². The fourth-order valence-electron chi connectivity index (χ4n) is 2.25. The molecule has 3 rings (SSSR count). The predicted octanol–water partition coefficient (Wildman–Crippen LogP) is 4.66. The largest absolute Gasteiger partial charge is 0.305 e. The van der Waals surface area contributed by atoms with Crippen LogP contribution in [0.3, 0.4) is 0 Å². The zero-order valence-electron chi connectivity index (χ0n) is 12.0. The van der Waals surface area contributed by atoms with Crippen molar-refractivity contribution in [2.75, 3.05) is 0 Å². The Labute approximate surface area is 129 Å². The van der Waals surface area contributed by atoms with E-state index in [0.29, 0.717) is 6.04 Å². The van der Waals surface area contributed by atoms with Crippen molar-refractivity contribution in [3.63, 3.8) is 0 Å². The molecule has 0 fully saturated rings. The van der Waals surface area contributed by atoms with Gasteiger partial charge in [-0.3, -0.25) is 4.98 Å². The predicted molar refractivity (Wildman–Crippen MR) is 89.2 cm³/mol. The molecule has 2 heterocycles. The standard InChI is InChI=1S/C18H18N2S/c1-14(15-9-11-19-12-10-15)20-13-17-7-8-18(21-17)16-5-3-2-4-6-16/h2-12,14,20H,13H2,1H3/t14-/m1/s1. The van der Waals surface area contributed by atoms with Gasteiger partial charge in [-0.25, -0.2) is 0 Å². The zero-order valence-corrected chi connectivity index (χ0v) is 12.8. The summed E-state index contributed by atoms with van der Waals surface area (Å²) in [6, 6.07) is 19.4. The summed E-state index contributed by atoms with van der Waals surface area (Å²) < 4.78 is 0. The van der Waals surface area contributed by atoms with E-state index in [1.165, 1.54) is 20.9 Å². The lowest BCUT2D eigenvalue weighted by atomic mass is 10.1. The fourth-order valence-corrected chi connectivity index (χ4v) is 3.22. The van der Waals surface area contributed by atoms with Crippen molar-refractivity contribution in [2.24, 2.45) is 0 Å². The summed E-state index contributed by atoms with van der Waals surface area (Å²) in [7, 11) is 0. The summed E-state index contributed by atoms with van der Waals surface area (Å²) in [5.41, 5.74) is 2.56. The Morgan fingerprint density at radius 2 is 1.76 bits per heavy atom. The highest BCUT2D eigenvalue weighted by molar-refractivity contribution is 7.15. The minimum atomic E-state index is 0.329. The number of hydrogen-bond acceptors (Lipinski definition) is 3. The van der Waals surface area contributed by atoms with Crippen LogP contribution < -0.4 is 5.32 Å². The van der Waals surface area contributed by atoms with Crippen LogP contribution in [0.25, 0.3) is 10.4 Å². The Bertz CT molecular complexity index is 677. The molecule has 0 aliphatic rings. The minimum Gasteiger partial charge on any atom is -0.305 e. The quantitative estimate of drug-likeness (QED) is 0.740.